The molecule has 0 unspecified atom stereocenters. The SMILES string of the molecule is COc1ccc(-c2nc(SCC(=O)Nc3ccc(Cl)cc3)[nH]c(=O)c2C#N)cc1. The number of halogens is 1. The van der Waals surface area contributed by atoms with Crippen molar-refractivity contribution >= 4 is 35.0 Å². The van der Waals surface area contributed by atoms with Gasteiger partial charge >= 0.3 is 0 Å². The number of nitrogens with one attached hydrogen (secondary N) is 2. The maximum Gasteiger partial charge on any atom is 0.270 e. The largest absolute Gasteiger partial charge is 0.497 e. The number of benzene rings is 2. The van der Waals surface area contributed by atoms with E-state index in [1.165, 1.54) is 0 Å². The predicted octanol–water partition coefficient (Wildman–Crippen LogP) is 3.70. The van der Waals surface area contributed by atoms with Crippen molar-refractivity contribution in [1.29, 1.82) is 5.26 Å². The van der Waals surface area contributed by atoms with Crippen molar-refractivity contribution in [3.05, 3.63) is 69.5 Å². The molecule has 7 nitrogen and oxygen atoms in total. The minimum absolute atomic E-state index is 0.0273. The summed E-state index contributed by atoms with van der Waals surface area (Å²) in [5.74, 6) is 0.403. The highest BCUT2D eigenvalue weighted by Crippen LogP contribution is 2.24. The quantitative estimate of drug-likeness (QED) is 0.459. The minimum atomic E-state index is -0.561. The van der Waals surface area contributed by atoms with Crippen LogP contribution in [0.15, 0.2) is 58.5 Å². The Balaban J connectivity index is 1.78. The zero-order valence-corrected chi connectivity index (χ0v) is 16.8. The summed E-state index contributed by atoms with van der Waals surface area (Å²) in [4.78, 5) is 31.3. The molecule has 3 rings (SSSR count). The Morgan fingerprint density at radius 2 is 1.93 bits per heavy atom. The van der Waals surface area contributed by atoms with Crippen LogP contribution in [-0.4, -0.2) is 28.7 Å². The lowest BCUT2D eigenvalue weighted by Gasteiger charge is -2.08. The van der Waals surface area contributed by atoms with Crippen molar-refractivity contribution < 1.29 is 9.53 Å². The summed E-state index contributed by atoms with van der Waals surface area (Å²) >= 11 is 6.88. The zero-order valence-electron chi connectivity index (χ0n) is 15.2. The van der Waals surface area contributed by atoms with E-state index in [1.54, 1.807) is 55.6 Å². The number of methoxy groups -OCH3 is 1. The fourth-order valence-electron chi connectivity index (χ4n) is 2.45. The van der Waals surface area contributed by atoms with E-state index >= 15 is 0 Å². The van der Waals surface area contributed by atoms with E-state index in [0.717, 1.165) is 11.8 Å². The van der Waals surface area contributed by atoms with Crippen LogP contribution in [0.2, 0.25) is 5.02 Å². The third-order valence-corrected chi connectivity index (χ3v) is 4.97. The molecule has 0 saturated heterocycles. The molecule has 1 heterocycles. The van der Waals surface area contributed by atoms with Gasteiger partial charge in [0.2, 0.25) is 5.91 Å². The smallest absolute Gasteiger partial charge is 0.270 e. The summed E-state index contributed by atoms with van der Waals surface area (Å²) in [5.41, 5.74) is 0.805. The van der Waals surface area contributed by atoms with Crippen LogP contribution in [-0.2, 0) is 4.79 Å². The van der Waals surface area contributed by atoms with Crippen LogP contribution in [0.5, 0.6) is 5.75 Å². The number of aromatic nitrogens is 2. The van der Waals surface area contributed by atoms with E-state index in [-0.39, 0.29) is 28.1 Å². The van der Waals surface area contributed by atoms with Gasteiger partial charge in [0.15, 0.2) is 5.16 Å². The Morgan fingerprint density at radius 1 is 1.24 bits per heavy atom. The summed E-state index contributed by atoms with van der Waals surface area (Å²) in [7, 11) is 1.55. The third-order valence-electron chi connectivity index (χ3n) is 3.84. The zero-order chi connectivity index (χ0) is 20.8. The van der Waals surface area contributed by atoms with Crippen molar-refractivity contribution in [3.63, 3.8) is 0 Å². The normalized spacial score (nSPS) is 10.2. The van der Waals surface area contributed by atoms with Gasteiger partial charge in [-0.1, -0.05) is 23.4 Å². The lowest BCUT2D eigenvalue weighted by molar-refractivity contribution is -0.113. The number of carbonyl (C=O) groups excluding carboxylic acids is 1. The molecule has 1 aromatic heterocycles. The predicted molar refractivity (Wildman–Crippen MR) is 112 cm³/mol. The summed E-state index contributed by atoms with van der Waals surface area (Å²) in [6.07, 6.45) is 0. The van der Waals surface area contributed by atoms with Crippen molar-refractivity contribution in [1.82, 2.24) is 9.97 Å². The molecule has 146 valence electrons. The minimum Gasteiger partial charge on any atom is -0.497 e. The highest BCUT2D eigenvalue weighted by Gasteiger charge is 2.15. The highest BCUT2D eigenvalue weighted by atomic mass is 35.5. The summed E-state index contributed by atoms with van der Waals surface area (Å²) < 4.78 is 5.12. The van der Waals surface area contributed by atoms with Gasteiger partial charge in [-0.15, -0.1) is 0 Å². The molecule has 0 aliphatic carbocycles. The second kappa shape index (κ2) is 9.28. The number of anilines is 1. The molecule has 2 N–H and O–H groups in total. The van der Waals surface area contributed by atoms with Crippen LogP contribution in [0.3, 0.4) is 0 Å². The average Bonchev–Trinajstić information content (AvgIpc) is 2.73. The highest BCUT2D eigenvalue weighted by molar-refractivity contribution is 7.99. The Bertz CT molecular complexity index is 1120. The third kappa shape index (κ3) is 5.16. The van der Waals surface area contributed by atoms with Crippen molar-refractivity contribution in [3.8, 4) is 23.1 Å². The van der Waals surface area contributed by atoms with E-state index in [9.17, 15) is 14.9 Å². The molecule has 0 saturated carbocycles. The van der Waals surface area contributed by atoms with Gasteiger partial charge in [0.05, 0.1) is 18.6 Å². The van der Waals surface area contributed by atoms with Crippen LogP contribution in [0, 0.1) is 11.3 Å². The first-order chi connectivity index (χ1) is 14.0. The molecule has 0 radical (unpaired) electrons. The van der Waals surface area contributed by atoms with Crippen LogP contribution in [0.4, 0.5) is 5.69 Å². The first-order valence-corrected chi connectivity index (χ1v) is 9.73. The lowest BCUT2D eigenvalue weighted by Crippen LogP contribution is -2.17. The van der Waals surface area contributed by atoms with Crippen LogP contribution >= 0.6 is 23.4 Å². The van der Waals surface area contributed by atoms with E-state index in [2.05, 4.69) is 15.3 Å². The molecule has 9 heteroatoms. The molecule has 1 amide bonds. The monoisotopic (exact) mass is 426 g/mol. The average molecular weight is 427 g/mol. The molecular formula is C20H15ClN4O3S. The van der Waals surface area contributed by atoms with Crippen molar-refractivity contribution in [2.75, 3.05) is 18.2 Å². The number of hydrogen-bond donors (Lipinski definition) is 2. The van der Waals surface area contributed by atoms with Crippen molar-refractivity contribution in [2.45, 2.75) is 5.16 Å². The maximum atomic E-state index is 12.3. The molecular weight excluding hydrogens is 412 g/mol. The molecule has 0 aliphatic rings. The van der Waals surface area contributed by atoms with Crippen LogP contribution in [0.1, 0.15) is 5.56 Å². The van der Waals surface area contributed by atoms with Crippen LogP contribution < -0.4 is 15.6 Å². The number of amides is 1. The van der Waals surface area contributed by atoms with Gasteiger partial charge in [-0.3, -0.25) is 9.59 Å². The van der Waals surface area contributed by atoms with Gasteiger partial charge in [0, 0.05) is 16.3 Å². The number of carbonyl (C=O) groups is 1. The maximum absolute atomic E-state index is 12.3. The molecule has 0 bridgehead atoms. The molecule has 3 aromatic rings. The number of nitrogens with zero attached hydrogens (tertiary/aromatic N) is 2. The Morgan fingerprint density at radius 3 is 2.55 bits per heavy atom. The van der Waals surface area contributed by atoms with E-state index in [4.69, 9.17) is 16.3 Å². The topological polar surface area (TPSA) is 108 Å². The number of nitriles is 1. The summed E-state index contributed by atoms with van der Waals surface area (Å²) in [5, 5.41) is 12.9. The van der Waals surface area contributed by atoms with E-state index in [0.29, 0.717) is 22.0 Å². The standard InChI is InChI=1S/C20H15ClN4O3S/c1-28-15-8-2-12(3-9-15)18-16(10-22)19(27)25-20(24-18)29-11-17(26)23-14-6-4-13(21)5-7-14/h2-9H,11H2,1H3,(H,23,26)(H,24,25,27). The van der Waals surface area contributed by atoms with Gasteiger partial charge in [-0.2, -0.15) is 5.26 Å². The second-order valence-corrected chi connectivity index (χ2v) is 7.18. The fraction of sp³-hybridized carbons (Fsp3) is 0.100. The molecule has 2 aromatic carbocycles. The molecule has 0 atom stereocenters. The van der Waals surface area contributed by atoms with Gasteiger partial charge in [0.1, 0.15) is 17.4 Å². The van der Waals surface area contributed by atoms with Crippen LogP contribution in [0.25, 0.3) is 11.3 Å². The Hall–Kier alpha value is -3.28. The molecule has 0 spiro atoms. The first-order valence-electron chi connectivity index (χ1n) is 8.37. The number of hydrogen-bond acceptors (Lipinski definition) is 6. The number of rotatable bonds is 6. The first kappa shape index (κ1) is 20.5. The lowest BCUT2D eigenvalue weighted by atomic mass is 10.1. The number of aromatic amines is 1. The van der Waals surface area contributed by atoms with Crippen molar-refractivity contribution in [2.24, 2.45) is 0 Å². The van der Waals surface area contributed by atoms with Gasteiger partial charge in [-0.05, 0) is 48.5 Å². The summed E-state index contributed by atoms with van der Waals surface area (Å²) in [6.45, 7) is 0. The molecule has 0 fully saturated rings. The molecule has 0 aliphatic heterocycles. The fourth-order valence-corrected chi connectivity index (χ4v) is 3.23. The Kier molecular flexibility index (Phi) is 6.54. The molecule has 29 heavy (non-hydrogen) atoms. The Labute approximate surface area is 175 Å². The van der Waals surface area contributed by atoms with E-state index < -0.39 is 5.56 Å². The van der Waals surface area contributed by atoms with Gasteiger partial charge in [0.25, 0.3) is 5.56 Å². The summed E-state index contributed by atoms with van der Waals surface area (Å²) in [6, 6.07) is 15.5. The number of thioether (sulfide) groups is 1. The number of ether oxygens (including phenoxy) is 1. The van der Waals surface area contributed by atoms with Gasteiger partial charge in [-0.25, -0.2) is 4.98 Å². The number of H-pyrrole nitrogens is 1. The second-order valence-electron chi connectivity index (χ2n) is 5.78. The van der Waals surface area contributed by atoms with E-state index in [1.807, 2.05) is 6.07 Å². The van der Waals surface area contributed by atoms with Gasteiger partial charge < -0.3 is 15.0 Å².